The van der Waals surface area contributed by atoms with E-state index in [1.807, 2.05) is 4.57 Å². The van der Waals surface area contributed by atoms with E-state index in [9.17, 15) is 4.79 Å². The minimum Gasteiger partial charge on any atom is -0.369 e. The van der Waals surface area contributed by atoms with Gasteiger partial charge in [0, 0.05) is 6.54 Å². The number of hydrogen-bond donors (Lipinski definition) is 2. The van der Waals surface area contributed by atoms with E-state index >= 15 is 0 Å². The van der Waals surface area contributed by atoms with E-state index in [2.05, 4.69) is 15.0 Å². The van der Waals surface area contributed by atoms with Gasteiger partial charge in [-0.05, 0) is 18.8 Å². The van der Waals surface area contributed by atoms with Gasteiger partial charge in [0.1, 0.15) is 0 Å². The zero-order valence-electron chi connectivity index (χ0n) is 10.2. The third-order valence-corrected chi connectivity index (χ3v) is 3.75. The van der Waals surface area contributed by atoms with E-state index in [0.717, 1.165) is 6.54 Å². The topological polar surface area (TPSA) is 89.6 Å². The SMILES string of the molecule is Nc1nc(=O)c2[nH]cnc2n1CC1CCCCC1. The molecule has 0 amide bonds. The first-order valence-electron chi connectivity index (χ1n) is 6.45. The molecule has 0 spiro atoms. The molecule has 18 heavy (non-hydrogen) atoms. The van der Waals surface area contributed by atoms with Crippen LogP contribution in [0.1, 0.15) is 32.1 Å². The Morgan fingerprint density at radius 3 is 2.94 bits per heavy atom. The van der Waals surface area contributed by atoms with Gasteiger partial charge in [-0.3, -0.25) is 9.36 Å². The van der Waals surface area contributed by atoms with Crippen molar-refractivity contribution >= 4 is 17.1 Å². The molecule has 3 rings (SSSR count). The number of aromatic nitrogens is 4. The predicted molar refractivity (Wildman–Crippen MR) is 69.1 cm³/mol. The Balaban J connectivity index is 2.00. The van der Waals surface area contributed by atoms with E-state index in [-0.39, 0.29) is 11.5 Å². The molecule has 1 aliphatic carbocycles. The zero-order valence-corrected chi connectivity index (χ0v) is 10.2. The van der Waals surface area contributed by atoms with Crippen LogP contribution in [-0.2, 0) is 6.54 Å². The van der Waals surface area contributed by atoms with Crippen molar-refractivity contribution in [3.8, 4) is 0 Å². The maximum absolute atomic E-state index is 11.6. The van der Waals surface area contributed by atoms with E-state index < -0.39 is 0 Å². The molecule has 0 radical (unpaired) electrons. The highest BCUT2D eigenvalue weighted by molar-refractivity contribution is 5.70. The van der Waals surface area contributed by atoms with Crippen LogP contribution in [0.15, 0.2) is 11.1 Å². The molecule has 0 aliphatic heterocycles. The number of rotatable bonds is 2. The molecule has 2 aromatic rings. The lowest BCUT2D eigenvalue weighted by Gasteiger charge is -2.23. The van der Waals surface area contributed by atoms with Crippen molar-refractivity contribution in [2.24, 2.45) is 5.92 Å². The van der Waals surface area contributed by atoms with Crippen molar-refractivity contribution in [2.45, 2.75) is 38.6 Å². The van der Waals surface area contributed by atoms with Crippen LogP contribution in [0.3, 0.4) is 0 Å². The second-order valence-corrected chi connectivity index (χ2v) is 4.99. The van der Waals surface area contributed by atoms with E-state index in [0.29, 0.717) is 17.1 Å². The molecule has 3 N–H and O–H groups in total. The molecule has 1 saturated carbocycles. The number of nitrogen functional groups attached to an aromatic ring is 1. The number of nitrogens with zero attached hydrogens (tertiary/aromatic N) is 3. The summed E-state index contributed by atoms with van der Waals surface area (Å²) in [5.41, 5.74) is 6.60. The molecule has 2 aromatic heterocycles. The van der Waals surface area contributed by atoms with Gasteiger partial charge in [-0.2, -0.15) is 4.98 Å². The highest BCUT2D eigenvalue weighted by atomic mass is 16.1. The number of fused-ring (bicyclic) bond motifs is 1. The second kappa shape index (κ2) is 4.44. The fourth-order valence-corrected chi connectivity index (χ4v) is 2.79. The van der Waals surface area contributed by atoms with Crippen LogP contribution in [0.4, 0.5) is 5.95 Å². The standard InChI is InChI=1S/C12H17N5O/c13-12-16-11(18)9-10(15-7-14-9)17(12)6-8-4-2-1-3-5-8/h7-8H,1-6H2,(H,14,15)(H2,13,16,18). The maximum atomic E-state index is 11.6. The lowest BCUT2D eigenvalue weighted by Crippen LogP contribution is -2.22. The summed E-state index contributed by atoms with van der Waals surface area (Å²) in [7, 11) is 0. The summed E-state index contributed by atoms with van der Waals surface area (Å²) in [6, 6.07) is 0. The van der Waals surface area contributed by atoms with Gasteiger partial charge in [0.25, 0.3) is 0 Å². The van der Waals surface area contributed by atoms with Crippen molar-refractivity contribution in [1.29, 1.82) is 0 Å². The summed E-state index contributed by atoms with van der Waals surface area (Å²) in [5.74, 6) is 0.885. The molecule has 0 aromatic carbocycles. The third-order valence-electron chi connectivity index (χ3n) is 3.75. The Morgan fingerprint density at radius 2 is 2.17 bits per heavy atom. The van der Waals surface area contributed by atoms with Gasteiger partial charge in [0.15, 0.2) is 11.2 Å². The summed E-state index contributed by atoms with van der Waals surface area (Å²) >= 11 is 0. The molecular weight excluding hydrogens is 230 g/mol. The van der Waals surface area contributed by atoms with Gasteiger partial charge in [-0.15, -0.1) is 0 Å². The maximum Gasteiger partial charge on any atom is 0.300 e. The van der Waals surface area contributed by atoms with Gasteiger partial charge < -0.3 is 10.7 Å². The minimum atomic E-state index is -0.333. The first-order chi connectivity index (χ1) is 8.75. The van der Waals surface area contributed by atoms with Gasteiger partial charge >= 0.3 is 5.56 Å². The average molecular weight is 247 g/mol. The van der Waals surface area contributed by atoms with E-state index in [1.165, 1.54) is 38.4 Å². The lowest BCUT2D eigenvalue weighted by atomic mass is 9.89. The van der Waals surface area contributed by atoms with Crippen LogP contribution >= 0.6 is 0 Å². The van der Waals surface area contributed by atoms with Crippen molar-refractivity contribution in [1.82, 2.24) is 19.5 Å². The number of anilines is 1. The molecule has 0 unspecified atom stereocenters. The Labute approximate surface area is 104 Å². The molecule has 0 saturated heterocycles. The lowest BCUT2D eigenvalue weighted by molar-refractivity contribution is 0.322. The third kappa shape index (κ3) is 1.87. The highest BCUT2D eigenvalue weighted by Crippen LogP contribution is 2.26. The highest BCUT2D eigenvalue weighted by Gasteiger charge is 2.17. The van der Waals surface area contributed by atoms with Crippen LogP contribution in [0.5, 0.6) is 0 Å². The number of nitrogens with one attached hydrogen (secondary N) is 1. The van der Waals surface area contributed by atoms with Crippen LogP contribution in [0, 0.1) is 5.92 Å². The molecule has 6 nitrogen and oxygen atoms in total. The molecular formula is C12H17N5O. The van der Waals surface area contributed by atoms with Crippen LogP contribution in [-0.4, -0.2) is 19.5 Å². The summed E-state index contributed by atoms with van der Waals surface area (Å²) in [4.78, 5) is 22.5. The molecule has 1 aliphatic rings. The number of nitrogens with two attached hydrogens (primary N) is 1. The Bertz CT molecular complexity index is 608. The van der Waals surface area contributed by atoms with Crippen molar-refractivity contribution in [3.63, 3.8) is 0 Å². The zero-order chi connectivity index (χ0) is 12.5. The molecule has 0 bridgehead atoms. The summed E-state index contributed by atoms with van der Waals surface area (Å²) < 4.78 is 1.86. The van der Waals surface area contributed by atoms with Crippen LogP contribution < -0.4 is 11.3 Å². The fraction of sp³-hybridized carbons (Fsp3) is 0.583. The van der Waals surface area contributed by atoms with Gasteiger partial charge in [-0.1, -0.05) is 19.3 Å². The fourth-order valence-electron chi connectivity index (χ4n) is 2.79. The largest absolute Gasteiger partial charge is 0.369 e. The summed E-state index contributed by atoms with van der Waals surface area (Å²) in [5, 5.41) is 0. The Kier molecular flexibility index (Phi) is 2.77. The number of aromatic amines is 1. The molecule has 96 valence electrons. The van der Waals surface area contributed by atoms with Crippen molar-refractivity contribution in [2.75, 3.05) is 5.73 Å². The van der Waals surface area contributed by atoms with Gasteiger partial charge in [0.2, 0.25) is 5.95 Å². The van der Waals surface area contributed by atoms with Crippen LogP contribution in [0.2, 0.25) is 0 Å². The Hall–Kier alpha value is -1.85. The Morgan fingerprint density at radius 1 is 1.39 bits per heavy atom. The quantitative estimate of drug-likeness (QED) is 0.836. The average Bonchev–Trinajstić information content (AvgIpc) is 2.85. The number of H-pyrrole nitrogens is 1. The van der Waals surface area contributed by atoms with E-state index in [1.54, 1.807) is 0 Å². The number of hydrogen-bond acceptors (Lipinski definition) is 4. The van der Waals surface area contributed by atoms with Crippen molar-refractivity contribution < 1.29 is 0 Å². The minimum absolute atomic E-state index is 0.269. The molecule has 0 atom stereocenters. The predicted octanol–water partition coefficient (Wildman–Crippen LogP) is 1.28. The molecule has 6 heteroatoms. The first kappa shape index (κ1) is 11.3. The van der Waals surface area contributed by atoms with Gasteiger partial charge in [-0.25, -0.2) is 4.98 Å². The second-order valence-electron chi connectivity index (χ2n) is 4.99. The van der Waals surface area contributed by atoms with Crippen LogP contribution in [0.25, 0.3) is 11.2 Å². The molecule has 2 heterocycles. The number of imidazole rings is 1. The first-order valence-corrected chi connectivity index (χ1v) is 6.45. The van der Waals surface area contributed by atoms with Crippen molar-refractivity contribution in [3.05, 3.63) is 16.7 Å². The summed E-state index contributed by atoms with van der Waals surface area (Å²) in [6.45, 7) is 0.806. The molecule has 1 fully saturated rings. The van der Waals surface area contributed by atoms with Gasteiger partial charge in [0.05, 0.1) is 6.33 Å². The van der Waals surface area contributed by atoms with E-state index in [4.69, 9.17) is 5.73 Å². The smallest absolute Gasteiger partial charge is 0.300 e. The normalized spacial score (nSPS) is 17.3. The monoisotopic (exact) mass is 247 g/mol. The summed E-state index contributed by atoms with van der Waals surface area (Å²) in [6.07, 6.45) is 7.84.